The van der Waals surface area contributed by atoms with Crippen LogP contribution in [-0.2, 0) is 5.41 Å². The minimum atomic E-state index is 0.267. The zero-order valence-electron chi connectivity index (χ0n) is 12.4. The number of hydrogen-bond donors (Lipinski definition) is 1. The lowest BCUT2D eigenvalue weighted by atomic mass is 9.61. The quantitative estimate of drug-likeness (QED) is 0.768. The van der Waals surface area contributed by atoms with Gasteiger partial charge in [-0.25, -0.2) is 0 Å². The first-order chi connectivity index (χ1) is 9.12. The van der Waals surface area contributed by atoms with Crippen LogP contribution in [0, 0.1) is 0 Å². The van der Waals surface area contributed by atoms with Crippen molar-refractivity contribution in [3.8, 4) is 0 Å². The molecule has 0 heterocycles. The lowest BCUT2D eigenvalue weighted by molar-refractivity contribution is 0.244. The number of nitrogens with two attached hydrogens (primary N) is 1. The molecule has 0 aromatic heterocycles. The fraction of sp³-hybridized carbons (Fsp3) is 0.667. The summed E-state index contributed by atoms with van der Waals surface area (Å²) in [5.74, 6) is 0.615. The standard InChI is InChI=1S/C18H27N/c1-13(2)14-6-7-15-16(12-14)18(11-8-17(15)19)9-4-3-5-10-18/h6-7,12-13,17H,3-5,8-11,19H2,1-2H3. The molecule has 0 bridgehead atoms. The van der Waals surface area contributed by atoms with E-state index in [1.807, 2.05) is 0 Å². The van der Waals surface area contributed by atoms with Crippen LogP contribution in [0.25, 0.3) is 0 Å². The highest BCUT2D eigenvalue weighted by Crippen LogP contribution is 2.50. The molecule has 104 valence electrons. The van der Waals surface area contributed by atoms with Crippen LogP contribution in [0.3, 0.4) is 0 Å². The topological polar surface area (TPSA) is 26.0 Å². The molecular weight excluding hydrogens is 230 g/mol. The average molecular weight is 257 g/mol. The van der Waals surface area contributed by atoms with Gasteiger partial charge in [0.2, 0.25) is 0 Å². The van der Waals surface area contributed by atoms with E-state index in [1.165, 1.54) is 56.1 Å². The van der Waals surface area contributed by atoms with E-state index in [-0.39, 0.29) is 6.04 Å². The molecule has 1 spiro atoms. The number of hydrogen-bond acceptors (Lipinski definition) is 1. The molecule has 2 aliphatic carbocycles. The van der Waals surface area contributed by atoms with Gasteiger partial charge in [0, 0.05) is 6.04 Å². The van der Waals surface area contributed by atoms with Crippen LogP contribution < -0.4 is 5.73 Å². The van der Waals surface area contributed by atoms with E-state index in [2.05, 4.69) is 32.0 Å². The van der Waals surface area contributed by atoms with E-state index in [4.69, 9.17) is 5.73 Å². The van der Waals surface area contributed by atoms with Gasteiger partial charge in [0.1, 0.15) is 0 Å². The van der Waals surface area contributed by atoms with Gasteiger partial charge in [-0.2, -0.15) is 0 Å². The molecule has 1 atom stereocenters. The zero-order chi connectivity index (χ0) is 13.5. The largest absolute Gasteiger partial charge is 0.324 e. The first-order valence-electron chi connectivity index (χ1n) is 8.02. The molecule has 0 saturated heterocycles. The maximum absolute atomic E-state index is 6.36. The molecule has 0 amide bonds. The Morgan fingerprint density at radius 3 is 2.53 bits per heavy atom. The fourth-order valence-electron chi connectivity index (χ4n) is 4.19. The van der Waals surface area contributed by atoms with Crippen molar-refractivity contribution in [2.45, 2.75) is 76.2 Å². The molecule has 0 aliphatic heterocycles. The fourth-order valence-corrected chi connectivity index (χ4v) is 4.19. The maximum atomic E-state index is 6.36. The van der Waals surface area contributed by atoms with E-state index in [9.17, 15) is 0 Å². The molecule has 1 unspecified atom stereocenters. The maximum Gasteiger partial charge on any atom is 0.0298 e. The van der Waals surface area contributed by atoms with E-state index < -0.39 is 0 Å². The van der Waals surface area contributed by atoms with Gasteiger partial charge in [-0.3, -0.25) is 0 Å². The van der Waals surface area contributed by atoms with Gasteiger partial charge in [-0.15, -0.1) is 0 Å². The summed E-state index contributed by atoms with van der Waals surface area (Å²) < 4.78 is 0. The molecule has 3 rings (SSSR count). The Balaban J connectivity index is 2.08. The van der Waals surface area contributed by atoms with Gasteiger partial charge in [-0.1, -0.05) is 51.3 Å². The second kappa shape index (κ2) is 4.94. The molecule has 0 radical (unpaired) electrons. The van der Waals surface area contributed by atoms with Gasteiger partial charge in [-0.05, 0) is 53.7 Å². The summed E-state index contributed by atoms with van der Waals surface area (Å²) in [5.41, 5.74) is 11.4. The third-order valence-electron chi connectivity index (χ3n) is 5.46. The van der Waals surface area contributed by atoms with Crippen molar-refractivity contribution in [2.75, 3.05) is 0 Å². The Morgan fingerprint density at radius 1 is 1.11 bits per heavy atom. The average Bonchev–Trinajstić information content (AvgIpc) is 2.44. The number of benzene rings is 1. The van der Waals surface area contributed by atoms with E-state index in [0.29, 0.717) is 11.3 Å². The summed E-state index contributed by atoms with van der Waals surface area (Å²) in [4.78, 5) is 0. The van der Waals surface area contributed by atoms with Crippen LogP contribution in [0.15, 0.2) is 18.2 Å². The molecule has 1 heteroatoms. The molecule has 1 fully saturated rings. The molecule has 1 saturated carbocycles. The Morgan fingerprint density at radius 2 is 1.84 bits per heavy atom. The van der Waals surface area contributed by atoms with Crippen molar-refractivity contribution < 1.29 is 0 Å². The van der Waals surface area contributed by atoms with Gasteiger partial charge in [0.15, 0.2) is 0 Å². The van der Waals surface area contributed by atoms with Crippen molar-refractivity contribution in [3.63, 3.8) is 0 Å². The molecular formula is C18H27N. The van der Waals surface area contributed by atoms with Crippen LogP contribution in [0.5, 0.6) is 0 Å². The summed E-state index contributed by atoms with van der Waals surface area (Å²) >= 11 is 0. The van der Waals surface area contributed by atoms with Gasteiger partial charge in [0.25, 0.3) is 0 Å². The summed E-state index contributed by atoms with van der Waals surface area (Å²) in [6.07, 6.45) is 9.48. The molecule has 19 heavy (non-hydrogen) atoms. The highest BCUT2D eigenvalue weighted by atomic mass is 14.7. The molecule has 1 aromatic rings. The third-order valence-corrected chi connectivity index (χ3v) is 5.46. The highest BCUT2D eigenvalue weighted by molar-refractivity contribution is 5.43. The molecule has 1 nitrogen and oxygen atoms in total. The summed E-state index contributed by atoms with van der Waals surface area (Å²) in [6.45, 7) is 4.58. The third kappa shape index (κ3) is 2.23. The number of rotatable bonds is 1. The second-order valence-electron chi connectivity index (χ2n) is 6.99. The molecule has 2 aliphatic rings. The molecule has 2 N–H and O–H groups in total. The second-order valence-corrected chi connectivity index (χ2v) is 6.99. The van der Waals surface area contributed by atoms with Crippen molar-refractivity contribution in [1.82, 2.24) is 0 Å². The van der Waals surface area contributed by atoms with Crippen molar-refractivity contribution in [3.05, 3.63) is 34.9 Å². The Kier molecular flexibility index (Phi) is 3.42. The Bertz CT molecular complexity index is 455. The van der Waals surface area contributed by atoms with Crippen LogP contribution >= 0.6 is 0 Å². The molecule has 1 aromatic carbocycles. The van der Waals surface area contributed by atoms with Gasteiger partial charge < -0.3 is 5.73 Å². The SMILES string of the molecule is CC(C)c1ccc2c(c1)C1(CCCCC1)CCC2N. The predicted molar refractivity (Wildman–Crippen MR) is 81.5 cm³/mol. The first-order valence-corrected chi connectivity index (χ1v) is 8.02. The smallest absolute Gasteiger partial charge is 0.0298 e. The van der Waals surface area contributed by atoms with E-state index in [0.717, 1.165) is 0 Å². The Labute approximate surface area is 117 Å². The van der Waals surface area contributed by atoms with Crippen LogP contribution in [-0.4, -0.2) is 0 Å². The minimum absolute atomic E-state index is 0.267. The van der Waals surface area contributed by atoms with Gasteiger partial charge in [0.05, 0.1) is 0 Å². The van der Waals surface area contributed by atoms with Crippen LogP contribution in [0.4, 0.5) is 0 Å². The summed E-state index contributed by atoms with van der Waals surface area (Å²) in [5, 5.41) is 0. The number of fused-ring (bicyclic) bond motifs is 2. The summed E-state index contributed by atoms with van der Waals surface area (Å²) in [7, 11) is 0. The van der Waals surface area contributed by atoms with Crippen molar-refractivity contribution >= 4 is 0 Å². The lowest BCUT2D eigenvalue weighted by Crippen LogP contribution is -2.36. The predicted octanol–water partition coefficient (Wildman–Crippen LogP) is 4.81. The Hall–Kier alpha value is -0.820. The van der Waals surface area contributed by atoms with Crippen molar-refractivity contribution in [1.29, 1.82) is 0 Å². The van der Waals surface area contributed by atoms with E-state index >= 15 is 0 Å². The van der Waals surface area contributed by atoms with E-state index in [1.54, 1.807) is 5.56 Å². The van der Waals surface area contributed by atoms with Crippen LogP contribution in [0.1, 0.15) is 87.4 Å². The monoisotopic (exact) mass is 257 g/mol. The van der Waals surface area contributed by atoms with Crippen LogP contribution in [0.2, 0.25) is 0 Å². The highest BCUT2D eigenvalue weighted by Gasteiger charge is 2.39. The van der Waals surface area contributed by atoms with Crippen molar-refractivity contribution in [2.24, 2.45) is 5.73 Å². The lowest BCUT2D eigenvalue weighted by Gasteiger charge is -2.44. The minimum Gasteiger partial charge on any atom is -0.324 e. The van der Waals surface area contributed by atoms with Gasteiger partial charge >= 0.3 is 0 Å². The zero-order valence-corrected chi connectivity index (χ0v) is 12.4. The summed E-state index contributed by atoms with van der Waals surface area (Å²) in [6, 6.07) is 7.38. The first kappa shape index (κ1) is 13.2. The normalized spacial score (nSPS) is 25.6.